The fourth-order valence-electron chi connectivity index (χ4n) is 0.970. The van der Waals surface area contributed by atoms with Crippen molar-refractivity contribution in [2.75, 3.05) is 5.73 Å². The summed E-state index contributed by atoms with van der Waals surface area (Å²) in [4.78, 5) is 0. The topological polar surface area (TPSA) is 26.0 Å². The zero-order valence-corrected chi connectivity index (χ0v) is 7.58. The molecule has 0 saturated heterocycles. The molecule has 1 nitrogen and oxygen atoms in total. The molecule has 0 radical (unpaired) electrons. The normalized spacial score (nSPS) is 11.8. The summed E-state index contributed by atoms with van der Waals surface area (Å²) in [6.07, 6.45) is -4.54. The lowest BCUT2D eigenvalue weighted by Crippen LogP contribution is -2.08. The molecule has 0 unspecified atom stereocenters. The molecule has 6 heteroatoms. The van der Waals surface area contributed by atoms with Gasteiger partial charge in [-0.15, -0.1) is 11.6 Å². The predicted molar refractivity (Wildman–Crippen MR) is 45.4 cm³/mol. The molecule has 14 heavy (non-hydrogen) atoms. The van der Waals surface area contributed by atoms with E-state index < -0.39 is 23.2 Å². The standard InChI is InChI=1S/C8H6ClF4N/c9-3-4-1-5(8(11,12)13)2-6(14)7(4)10/h1-2H,3,14H2. The van der Waals surface area contributed by atoms with Gasteiger partial charge in [0.05, 0.1) is 17.1 Å². The molecule has 0 aromatic heterocycles. The van der Waals surface area contributed by atoms with Gasteiger partial charge in [-0.3, -0.25) is 0 Å². The summed E-state index contributed by atoms with van der Waals surface area (Å²) < 4.78 is 49.6. The minimum atomic E-state index is -4.54. The van der Waals surface area contributed by atoms with Crippen molar-refractivity contribution in [2.24, 2.45) is 0 Å². The van der Waals surface area contributed by atoms with Crippen LogP contribution in [0.5, 0.6) is 0 Å². The second kappa shape index (κ2) is 3.65. The average Bonchev–Trinajstić information content (AvgIpc) is 2.07. The van der Waals surface area contributed by atoms with Crippen LogP contribution in [-0.4, -0.2) is 0 Å². The number of nitrogens with two attached hydrogens (primary N) is 1. The number of nitrogen functional groups attached to an aromatic ring is 1. The van der Waals surface area contributed by atoms with Gasteiger partial charge in [-0.25, -0.2) is 4.39 Å². The molecule has 0 heterocycles. The number of alkyl halides is 4. The van der Waals surface area contributed by atoms with Gasteiger partial charge in [0.15, 0.2) is 0 Å². The molecular weight excluding hydrogens is 222 g/mol. The number of hydrogen-bond acceptors (Lipinski definition) is 1. The van der Waals surface area contributed by atoms with Gasteiger partial charge < -0.3 is 5.73 Å². The summed E-state index contributed by atoms with van der Waals surface area (Å²) in [6, 6.07) is 1.20. The van der Waals surface area contributed by atoms with Crippen molar-refractivity contribution >= 4 is 17.3 Å². The monoisotopic (exact) mass is 227 g/mol. The maximum atomic E-state index is 13.0. The first-order valence-corrected chi connectivity index (χ1v) is 4.10. The lowest BCUT2D eigenvalue weighted by atomic mass is 10.1. The van der Waals surface area contributed by atoms with Crippen LogP contribution >= 0.6 is 11.6 Å². The summed E-state index contributed by atoms with van der Waals surface area (Å²) in [5.41, 5.74) is 3.27. The maximum Gasteiger partial charge on any atom is 0.416 e. The van der Waals surface area contributed by atoms with Crippen LogP contribution < -0.4 is 5.73 Å². The molecule has 78 valence electrons. The summed E-state index contributed by atoms with van der Waals surface area (Å²) in [5.74, 6) is -1.24. The molecule has 1 rings (SSSR count). The second-order valence-corrected chi connectivity index (χ2v) is 2.94. The lowest BCUT2D eigenvalue weighted by Gasteiger charge is -2.10. The highest BCUT2D eigenvalue weighted by atomic mass is 35.5. The van der Waals surface area contributed by atoms with Gasteiger partial charge in [-0.05, 0) is 12.1 Å². The molecule has 0 atom stereocenters. The minimum absolute atomic E-state index is 0.251. The van der Waals surface area contributed by atoms with E-state index in [2.05, 4.69) is 0 Å². The Morgan fingerprint density at radius 1 is 1.29 bits per heavy atom. The SMILES string of the molecule is Nc1cc(C(F)(F)F)cc(CCl)c1F. The summed E-state index contributed by atoms with van der Waals surface area (Å²) in [6.45, 7) is 0. The van der Waals surface area contributed by atoms with E-state index >= 15 is 0 Å². The lowest BCUT2D eigenvalue weighted by molar-refractivity contribution is -0.137. The summed E-state index contributed by atoms with van der Waals surface area (Å²) in [7, 11) is 0. The molecule has 0 fully saturated rings. The Kier molecular flexibility index (Phi) is 2.89. The molecule has 0 aliphatic rings. The highest BCUT2D eigenvalue weighted by Crippen LogP contribution is 2.32. The van der Waals surface area contributed by atoms with Crippen LogP contribution in [0.15, 0.2) is 12.1 Å². The van der Waals surface area contributed by atoms with Crippen LogP contribution in [0.2, 0.25) is 0 Å². The Bertz CT molecular complexity index is 348. The first-order chi connectivity index (χ1) is 6.36. The van der Waals surface area contributed by atoms with Crippen molar-refractivity contribution in [1.29, 1.82) is 0 Å². The quantitative estimate of drug-likeness (QED) is 0.445. The first kappa shape index (κ1) is 11.1. The third-order valence-electron chi connectivity index (χ3n) is 1.65. The van der Waals surface area contributed by atoms with Crippen molar-refractivity contribution in [3.8, 4) is 0 Å². The van der Waals surface area contributed by atoms with Gasteiger partial charge in [-0.2, -0.15) is 13.2 Å². The van der Waals surface area contributed by atoms with Crippen LogP contribution in [0.4, 0.5) is 23.2 Å². The number of halogens is 5. The number of hydrogen-bond donors (Lipinski definition) is 1. The predicted octanol–water partition coefficient (Wildman–Crippen LogP) is 3.17. The zero-order chi connectivity index (χ0) is 10.9. The molecule has 1 aromatic carbocycles. The maximum absolute atomic E-state index is 13.0. The van der Waals surface area contributed by atoms with E-state index in [-0.39, 0.29) is 11.4 Å². The fraction of sp³-hybridized carbons (Fsp3) is 0.250. The smallest absolute Gasteiger partial charge is 0.396 e. The number of anilines is 1. The molecule has 0 bridgehead atoms. The van der Waals surface area contributed by atoms with E-state index in [1.807, 2.05) is 0 Å². The van der Waals surface area contributed by atoms with Crippen LogP contribution in [0.1, 0.15) is 11.1 Å². The Hall–Kier alpha value is -0.970. The highest BCUT2D eigenvalue weighted by molar-refractivity contribution is 6.17. The van der Waals surface area contributed by atoms with Crippen LogP contribution in [-0.2, 0) is 12.1 Å². The Morgan fingerprint density at radius 2 is 1.86 bits per heavy atom. The second-order valence-electron chi connectivity index (χ2n) is 2.67. The van der Waals surface area contributed by atoms with E-state index in [1.165, 1.54) is 0 Å². The van der Waals surface area contributed by atoms with E-state index in [0.717, 1.165) is 0 Å². The Morgan fingerprint density at radius 3 is 2.29 bits per heavy atom. The third kappa shape index (κ3) is 2.09. The van der Waals surface area contributed by atoms with E-state index in [1.54, 1.807) is 0 Å². The highest BCUT2D eigenvalue weighted by Gasteiger charge is 2.31. The molecule has 0 saturated carbocycles. The molecule has 0 aliphatic carbocycles. The zero-order valence-electron chi connectivity index (χ0n) is 6.83. The summed E-state index contributed by atoms with van der Waals surface area (Å²) in [5, 5.41) is 0. The average molecular weight is 228 g/mol. The van der Waals surface area contributed by atoms with Crippen LogP contribution in [0.25, 0.3) is 0 Å². The van der Waals surface area contributed by atoms with E-state index in [9.17, 15) is 17.6 Å². The van der Waals surface area contributed by atoms with Crippen molar-refractivity contribution in [3.63, 3.8) is 0 Å². The van der Waals surface area contributed by atoms with Crippen LogP contribution in [0.3, 0.4) is 0 Å². The number of benzene rings is 1. The molecule has 1 aromatic rings. The van der Waals surface area contributed by atoms with Crippen molar-refractivity contribution in [1.82, 2.24) is 0 Å². The van der Waals surface area contributed by atoms with Crippen LogP contribution in [0, 0.1) is 5.82 Å². The largest absolute Gasteiger partial charge is 0.416 e. The molecule has 0 amide bonds. The summed E-state index contributed by atoms with van der Waals surface area (Å²) >= 11 is 5.26. The number of rotatable bonds is 1. The van der Waals surface area contributed by atoms with E-state index in [4.69, 9.17) is 17.3 Å². The molecular formula is C8H6ClF4N. The van der Waals surface area contributed by atoms with Crippen molar-refractivity contribution < 1.29 is 17.6 Å². The van der Waals surface area contributed by atoms with Gasteiger partial charge in [0.1, 0.15) is 5.82 Å². The Labute approximate surface area is 82.5 Å². The third-order valence-corrected chi connectivity index (χ3v) is 1.94. The molecule has 2 N–H and O–H groups in total. The van der Waals surface area contributed by atoms with E-state index in [0.29, 0.717) is 12.1 Å². The first-order valence-electron chi connectivity index (χ1n) is 3.57. The van der Waals surface area contributed by atoms with Crippen molar-refractivity contribution in [3.05, 3.63) is 29.1 Å². The van der Waals surface area contributed by atoms with Gasteiger partial charge in [0.25, 0.3) is 0 Å². The van der Waals surface area contributed by atoms with Gasteiger partial charge in [0, 0.05) is 5.56 Å². The Balaban J connectivity index is 3.30. The van der Waals surface area contributed by atoms with Crippen molar-refractivity contribution in [2.45, 2.75) is 12.1 Å². The van der Waals surface area contributed by atoms with Gasteiger partial charge in [0.2, 0.25) is 0 Å². The van der Waals surface area contributed by atoms with Gasteiger partial charge in [-0.1, -0.05) is 0 Å². The minimum Gasteiger partial charge on any atom is -0.396 e. The molecule has 0 aliphatic heterocycles. The molecule has 0 spiro atoms. The van der Waals surface area contributed by atoms with Gasteiger partial charge >= 0.3 is 6.18 Å². The fourth-order valence-corrected chi connectivity index (χ4v) is 1.16.